The van der Waals surface area contributed by atoms with Crippen LogP contribution in [0.5, 0.6) is 0 Å². The van der Waals surface area contributed by atoms with Crippen molar-refractivity contribution in [2.75, 3.05) is 26.2 Å². The van der Waals surface area contributed by atoms with Gasteiger partial charge in [0.25, 0.3) is 5.91 Å². The van der Waals surface area contributed by atoms with Gasteiger partial charge in [-0.05, 0) is 37.5 Å². The Bertz CT molecular complexity index is 688. The van der Waals surface area contributed by atoms with E-state index in [-0.39, 0.29) is 12.0 Å². The highest BCUT2D eigenvalue weighted by Crippen LogP contribution is 2.29. The van der Waals surface area contributed by atoms with E-state index in [0.29, 0.717) is 31.7 Å². The van der Waals surface area contributed by atoms with Crippen LogP contribution in [-0.2, 0) is 9.53 Å². The van der Waals surface area contributed by atoms with Crippen LogP contribution in [0.4, 0.5) is 4.79 Å². The summed E-state index contributed by atoms with van der Waals surface area (Å²) >= 11 is 0. The highest BCUT2D eigenvalue weighted by Gasteiger charge is 2.37. The summed E-state index contributed by atoms with van der Waals surface area (Å²) in [5.41, 5.74) is 2.21. The van der Waals surface area contributed by atoms with Crippen LogP contribution in [0, 0.1) is 0 Å². The van der Waals surface area contributed by atoms with Gasteiger partial charge in [-0.1, -0.05) is 30.3 Å². The summed E-state index contributed by atoms with van der Waals surface area (Å²) in [6.45, 7) is 7.40. The predicted molar refractivity (Wildman–Crippen MR) is 92.8 cm³/mol. The summed E-state index contributed by atoms with van der Waals surface area (Å²) in [6, 6.07) is 8.92. The van der Waals surface area contributed by atoms with Crippen LogP contribution in [-0.4, -0.2) is 58.7 Å². The molecule has 2 aliphatic heterocycles. The summed E-state index contributed by atoms with van der Waals surface area (Å²) in [6.07, 6.45) is -1.48. The van der Waals surface area contributed by atoms with Crippen LogP contribution < -0.4 is 0 Å². The zero-order valence-corrected chi connectivity index (χ0v) is 14.9. The van der Waals surface area contributed by atoms with Crippen LogP contribution in [0.25, 0.3) is 0 Å². The molecule has 1 aromatic rings. The van der Waals surface area contributed by atoms with E-state index < -0.39 is 11.7 Å². The first-order valence-electron chi connectivity index (χ1n) is 8.44. The first-order chi connectivity index (χ1) is 11.7. The number of aliphatic hydroxyl groups is 1. The summed E-state index contributed by atoms with van der Waals surface area (Å²) in [5.74, 6) is -0.301. The van der Waals surface area contributed by atoms with Crippen molar-refractivity contribution < 1.29 is 19.4 Å². The van der Waals surface area contributed by atoms with Crippen LogP contribution in [0.1, 0.15) is 32.4 Å². The molecule has 0 spiro atoms. The molecule has 0 aromatic heterocycles. The predicted octanol–water partition coefficient (Wildman–Crippen LogP) is 2.11. The Hall–Kier alpha value is -2.34. The van der Waals surface area contributed by atoms with Gasteiger partial charge in [-0.2, -0.15) is 0 Å². The minimum Gasteiger partial charge on any atom is -0.444 e. The van der Waals surface area contributed by atoms with E-state index in [0.717, 1.165) is 11.1 Å². The Morgan fingerprint density at radius 3 is 2.04 bits per heavy atom. The third kappa shape index (κ3) is 3.85. The molecular weight excluding hydrogens is 320 g/mol. The Balaban J connectivity index is 1.57. The molecule has 25 heavy (non-hydrogen) atoms. The minimum atomic E-state index is -1.15. The molecule has 6 nitrogen and oxygen atoms in total. The zero-order chi connectivity index (χ0) is 18.2. The molecule has 6 heteroatoms. The maximum absolute atomic E-state index is 12.5. The third-order valence-corrected chi connectivity index (χ3v) is 4.34. The van der Waals surface area contributed by atoms with Crippen molar-refractivity contribution in [1.29, 1.82) is 0 Å². The Morgan fingerprint density at radius 1 is 1.00 bits per heavy atom. The first-order valence-corrected chi connectivity index (χ1v) is 8.44. The molecule has 2 heterocycles. The largest absolute Gasteiger partial charge is 0.444 e. The number of rotatable bonds is 2. The van der Waals surface area contributed by atoms with Crippen LogP contribution in [0.2, 0.25) is 0 Å². The average Bonchev–Trinajstić information content (AvgIpc) is 3.11. The molecule has 0 bridgehead atoms. The zero-order valence-electron chi connectivity index (χ0n) is 14.9. The lowest BCUT2D eigenvalue weighted by Gasteiger charge is -2.27. The first kappa shape index (κ1) is 17.5. The van der Waals surface area contributed by atoms with Gasteiger partial charge in [0.2, 0.25) is 0 Å². The lowest BCUT2D eigenvalue weighted by molar-refractivity contribution is -0.139. The monoisotopic (exact) mass is 344 g/mol. The average molecular weight is 344 g/mol. The van der Waals surface area contributed by atoms with Crippen LogP contribution >= 0.6 is 0 Å². The molecule has 1 aromatic carbocycles. The molecule has 1 unspecified atom stereocenters. The van der Waals surface area contributed by atoms with Crippen LogP contribution in [0.3, 0.4) is 0 Å². The van der Waals surface area contributed by atoms with Crippen molar-refractivity contribution in [3.63, 3.8) is 0 Å². The van der Waals surface area contributed by atoms with E-state index >= 15 is 0 Å². The molecule has 0 aliphatic carbocycles. The number of ether oxygens (including phenoxy) is 1. The van der Waals surface area contributed by atoms with E-state index in [4.69, 9.17) is 4.74 Å². The van der Waals surface area contributed by atoms with Crippen molar-refractivity contribution in [1.82, 2.24) is 9.80 Å². The van der Waals surface area contributed by atoms with Crippen molar-refractivity contribution in [2.45, 2.75) is 32.5 Å². The molecule has 2 amide bonds. The van der Waals surface area contributed by atoms with Crippen molar-refractivity contribution in [2.24, 2.45) is 0 Å². The second-order valence-electron chi connectivity index (χ2n) is 7.55. The van der Waals surface area contributed by atoms with E-state index in [9.17, 15) is 14.7 Å². The van der Waals surface area contributed by atoms with Gasteiger partial charge in [0, 0.05) is 26.2 Å². The molecule has 134 valence electrons. The topological polar surface area (TPSA) is 70.1 Å². The van der Waals surface area contributed by atoms with Crippen molar-refractivity contribution >= 4 is 12.0 Å². The fraction of sp³-hybridized carbons (Fsp3) is 0.474. The molecule has 0 saturated carbocycles. The lowest BCUT2D eigenvalue weighted by atomic mass is 10.1. The summed E-state index contributed by atoms with van der Waals surface area (Å²) in [4.78, 5) is 28.0. The third-order valence-electron chi connectivity index (χ3n) is 4.34. The summed E-state index contributed by atoms with van der Waals surface area (Å²) < 4.78 is 5.40. The van der Waals surface area contributed by atoms with Gasteiger partial charge < -0.3 is 19.6 Å². The SMILES string of the molecule is CC(C)(C)OC(=O)N1CC2=C(C1)CN(C(=O)C(O)c1ccccc1)C2. The van der Waals surface area contributed by atoms with Gasteiger partial charge >= 0.3 is 6.09 Å². The highest BCUT2D eigenvalue weighted by molar-refractivity contribution is 5.83. The fourth-order valence-electron chi connectivity index (χ4n) is 3.14. The van der Waals surface area contributed by atoms with Gasteiger partial charge in [-0.3, -0.25) is 4.79 Å². The molecule has 3 rings (SSSR count). The number of nitrogens with zero attached hydrogens (tertiary/aromatic N) is 2. The highest BCUT2D eigenvalue weighted by atomic mass is 16.6. The Morgan fingerprint density at radius 2 is 1.52 bits per heavy atom. The van der Waals surface area contributed by atoms with Crippen molar-refractivity contribution in [3.8, 4) is 0 Å². The van der Waals surface area contributed by atoms with E-state index in [2.05, 4.69) is 0 Å². The number of benzene rings is 1. The van der Waals surface area contributed by atoms with Gasteiger partial charge in [-0.25, -0.2) is 4.79 Å². The normalized spacial score (nSPS) is 18.4. The molecule has 1 N–H and O–H groups in total. The van der Waals surface area contributed by atoms with Crippen molar-refractivity contribution in [3.05, 3.63) is 47.0 Å². The van der Waals surface area contributed by atoms with Gasteiger partial charge in [0.1, 0.15) is 5.60 Å². The molecule has 0 fully saturated rings. The number of hydrogen-bond acceptors (Lipinski definition) is 4. The smallest absolute Gasteiger partial charge is 0.410 e. The maximum Gasteiger partial charge on any atom is 0.410 e. The second-order valence-corrected chi connectivity index (χ2v) is 7.55. The van der Waals surface area contributed by atoms with E-state index in [1.54, 1.807) is 34.1 Å². The minimum absolute atomic E-state index is 0.301. The lowest BCUT2D eigenvalue weighted by Crippen LogP contribution is -2.40. The number of carbonyl (C=O) groups excluding carboxylic acids is 2. The molecular formula is C19H24N2O4. The Kier molecular flexibility index (Phi) is 4.56. The molecule has 0 radical (unpaired) electrons. The van der Waals surface area contributed by atoms with Gasteiger partial charge in [0.05, 0.1) is 0 Å². The number of aliphatic hydroxyl groups excluding tert-OH is 1. The number of hydrogen-bond donors (Lipinski definition) is 1. The van der Waals surface area contributed by atoms with Gasteiger partial charge in [-0.15, -0.1) is 0 Å². The number of amides is 2. The summed E-state index contributed by atoms with van der Waals surface area (Å²) in [7, 11) is 0. The summed E-state index contributed by atoms with van der Waals surface area (Å²) in [5, 5.41) is 10.3. The standard InChI is InChI=1S/C19H24N2O4/c1-19(2,3)25-18(24)21-11-14-9-20(10-15(14)12-21)17(23)16(22)13-7-5-4-6-8-13/h4-8,16,22H,9-12H2,1-3H3. The second kappa shape index (κ2) is 6.52. The fourth-order valence-corrected chi connectivity index (χ4v) is 3.14. The van der Waals surface area contributed by atoms with Crippen LogP contribution in [0.15, 0.2) is 41.5 Å². The maximum atomic E-state index is 12.5. The molecule has 1 atom stereocenters. The Labute approximate surface area is 147 Å². The van der Waals surface area contributed by atoms with E-state index in [1.807, 2.05) is 26.8 Å². The van der Waals surface area contributed by atoms with E-state index in [1.165, 1.54) is 0 Å². The molecule has 2 aliphatic rings. The quantitative estimate of drug-likeness (QED) is 0.834. The molecule has 0 saturated heterocycles. The number of carbonyl (C=O) groups is 2. The van der Waals surface area contributed by atoms with Gasteiger partial charge in [0.15, 0.2) is 6.10 Å².